The number of rotatable bonds is 4. The number of hydrogen-bond donors (Lipinski definition) is 3. The fourth-order valence-electron chi connectivity index (χ4n) is 3.81. The molecule has 4 aromatic rings. The Kier molecular flexibility index (Phi) is 4.87. The fraction of sp³-hybridized carbons (Fsp3) is 0.227. The summed E-state index contributed by atoms with van der Waals surface area (Å²) in [7, 11) is 0. The summed E-state index contributed by atoms with van der Waals surface area (Å²) in [5.41, 5.74) is 2.74. The molecule has 0 amide bonds. The molecule has 0 aliphatic carbocycles. The molecular weight excluding hydrogens is 402 g/mol. The van der Waals surface area contributed by atoms with E-state index >= 15 is 0 Å². The van der Waals surface area contributed by atoms with Crippen LogP contribution in [-0.4, -0.2) is 55.2 Å². The van der Waals surface area contributed by atoms with Crippen LogP contribution in [0.25, 0.3) is 33.4 Å². The molecule has 1 saturated heterocycles. The van der Waals surface area contributed by atoms with Gasteiger partial charge in [-0.3, -0.25) is 0 Å². The maximum atomic E-state index is 12.1. The van der Waals surface area contributed by atoms with Crippen LogP contribution in [0.2, 0.25) is 0 Å². The Bertz CT molecular complexity index is 1290. The maximum Gasteiger partial charge on any atom is 0.336 e. The highest BCUT2D eigenvalue weighted by Gasteiger charge is 2.43. The average molecular weight is 421 g/mol. The monoisotopic (exact) mass is 421 g/mol. The Morgan fingerprint density at radius 3 is 2.55 bits per heavy atom. The largest absolute Gasteiger partial charge is 0.423 e. The zero-order valence-corrected chi connectivity index (χ0v) is 16.2. The number of benzene rings is 2. The van der Waals surface area contributed by atoms with Crippen LogP contribution in [-0.2, 0) is 4.74 Å². The number of nitrogens with zero attached hydrogens (tertiary/aromatic N) is 3. The minimum atomic E-state index is -1.25. The van der Waals surface area contributed by atoms with Crippen LogP contribution in [0.1, 0.15) is 6.23 Å². The smallest absolute Gasteiger partial charge is 0.336 e. The van der Waals surface area contributed by atoms with Crippen LogP contribution in [0.5, 0.6) is 0 Å². The van der Waals surface area contributed by atoms with Crippen molar-refractivity contribution >= 4 is 11.0 Å². The van der Waals surface area contributed by atoms with E-state index in [1.165, 1.54) is 10.7 Å². The van der Waals surface area contributed by atoms with Gasteiger partial charge in [-0.25, -0.2) is 9.48 Å². The van der Waals surface area contributed by atoms with Crippen molar-refractivity contribution in [2.45, 2.75) is 24.5 Å². The van der Waals surface area contributed by atoms with Crippen molar-refractivity contribution in [2.75, 3.05) is 6.61 Å². The summed E-state index contributed by atoms with van der Waals surface area (Å²) in [4.78, 5) is 12.1. The second-order valence-corrected chi connectivity index (χ2v) is 7.37. The van der Waals surface area contributed by atoms with E-state index in [4.69, 9.17) is 9.15 Å². The topological polar surface area (TPSA) is 131 Å². The highest BCUT2D eigenvalue weighted by molar-refractivity contribution is 5.94. The van der Waals surface area contributed by atoms with Gasteiger partial charge in [0, 0.05) is 17.0 Å². The lowest BCUT2D eigenvalue weighted by atomic mass is 10.0. The molecule has 1 fully saturated rings. The van der Waals surface area contributed by atoms with Crippen LogP contribution in [0.15, 0.2) is 70.0 Å². The zero-order chi connectivity index (χ0) is 21.5. The van der Waals surface area contributed by atoms with Gasteiger partial charge in [-0.05, 0) is 23.3 Å². The first-order valence-corrected chi connectivity index (χ1v) is 9.73. The molecule has 1 aliphatic heterocycles. The first-order valence-electron chi connectivity index (χ1n) is 9.73. The summed E-state index contributed by atoms with van der Waals surface area (Å²) in [6.45, 7) is -0.427. The Morgan fingerprint density at radius 2 is 1.81 bits per heavy atom. The molecule has 0 spiro atoms. The van der Waals surface area contributed by atoms with Crippen LogP contribution < -0.4 is 5.63 Å². The Morgan fingerprint density at radius 1 is 1.00 bits per heavy atom. The first-order chi connectivity index (χ1) is 15.0. The van der Waals surface area contributed by atoms with Crippen LogP contribution >= 0.6 is 0 Å². The molecule has 5 rings (SSSR count). The van der Waals surface area contributed by atoms with E-state index in [1.54, 1.807) is 12.3 Å². The lowest BCUT2D eigenvalue weighted by Gasteiger charge is -2.13. The van der Waals surface area contributed by atoms with E-state index < -0.39 is 36.8 Å². The average Bonchev–Trinajstić information content (AvgIpc) is 3.38. The van der Waals surface area contributed by atoms with Gasteiger partial charge in [0.25, 0.3) is 0 Å². The molecule has 2 aromatic heterocycles. The zero-order valence-electron chi connectivity index (χ0n) is 16.2. The minimum absolute atomic E-state index is 0.409. The SMILES string of the molecule is O=c1cc(-c2ccccc2)c2ccc(-c3cn([C@@H]4O[C@H](CO)[C@@H](O)[C@H]4O)nn3)cc2o1. The second kappa shape index (κ2) is 7.71. The summed E-state index contributed by atoms with van der Waals surface area (Å²) in [6, 6.07) is 16.4. The maximum absolute atomic E-state index is 12.1. The molecule has 158 valence electrons. The Labute approximate surface area is 175 Å². The van der Waals surface area contributed by atoms with Crippen molar-refractivity contribution in [2.24, 2.45) is 0 Å². The van der Waals surface area contributed by atoms with Crippen molar-refractivity contribution in [3.63, 3.8) is 0 Å². The number of hydrogen-bond acceptors (Lipinski definition) is 8. The molecule has 0 radical (unpaired) electrons. The molecule has 2 aromatic carbocycles. The molecule has 1 aliphatic rings. The molecule has 31 heavy (non-hydrogen) atoms. The normalized spacial score (nSPS) is 23.5. The highest BCUT2D eigenvalue weighted by atomic mass is 16.6. The third kappa shape index (κ3) is 3.43. The third-order valence-corrected chi connectivity index (χ3v) is 5.41. The van der Waals surface area contributed by atoms with E-state index in [1.807, 2.05) is 42.5 Å². The predicted octanol–water partition coefficient (Wildman–Crippen LogP) is 1.33. The molecule has 0 saturated carbocycles. The first kappa shape index (κ1) is 19.6. The van der Waals surface area contributed by atoms with Crippen LogP contribution in [0.4, 0.5) is 0 Å². The summed E-state index contributed by atoms with van der Waals surface area (Å²) in [5.74, 6) is 0. The van der Waals surface area contributed by atoms with Crippen molar-refractivity contribution in [3.05, 3.63) is 71.2 Å². The van der Waals surface area contributed by atoms with Gasteiger partial charge in [-0.2, -0.15) is 0 Å². The number of fused-ring (bicyclic) bond motifs is 1. The summed E-state index contributed by atoms with van der Waals surface area (Å²) in [5, 5.41) is 38.2. The molecule has 0 unspecified atom stereocenters. The van der Waals surface area contributed by atoms with Gasteiger partial charge >= 0.3 is 5.63 Å². The molecule has 0 bridgehead atoms. The quantitative estimate of drug-likeness (QED) is 0.421. The van der Waals surface area contributed by atoms with Crippen molar-refractivity contribution in [1.82, 2.24) is 15.0 Å². The summed E-state index contributed by atoms with van der Waals surface area (Å²) >= 11 is 0. The third-order valence-electron chi connectivity index (χ3n) is 5.41. The number of aromatic nitrogens is 3. The van der Waals surface area contributed by atoms with Gasteiger partial charge in [0.15, 0.2) is 6.23 Å². The van der Waals surface area contributed by atoms with Gasteiger partial charge in [0.1, 0.15) is 29.6 Å². The van der Waals surface area contributed by atoms with Crippen molar-refractivity contribution < 1.29 is 24.5 Å². The van der Waals surface area contributed by atoms with Gasteiger partial charge in [0.05, 0.1) is 12.8 Å². The van der Waals surface area contributed by atoms with Crippen molar-refractivity contribution in [3.8, 4) is 22.4 Å². The van der Waals surface area contributed by atoms with Gasteiger partial charge in [0.2, 0.25) is 0 Å². The molecule has 4 atom stereocenters. The highest BCUT2D eigenvalue weighted by Crippen LogP contribution is 2.32. The molecule has 9 heteroatoms. The van der Waals surface area contributed by atoms with Crippen molar-refractivity contribution in [1.29, 1.82) is 0 Å². The van der Waals surface area contributed by atoms with E-state index in [2.05, 4.69) is 10.3 Å². The molecule has 9 nitrogen and oxygen atoms in total. The molecule has 3 heterocycles. The summed E-state index contributed by atoms with van der Waals surface area (Å²) < 4.78 is 12.2. The summed E-state index contributed by atoms with van der Waals surface area (Å²) in [6.07, 6.45) is -2.81. The fourth-order valence-corrected chi connectivity index (χ4v) is 3.81. The Balaban J connectivity index is 1.52. The lowest BCUT2D eigenvalue weighted by molar-refractivity contribution is -0.0593. The molecular formula is C22H19N3O6. The van der Waals surface area contributed by atoms with E-state index in [-0.39, 0.29) is 0 Å². The molecule has 3 N–H and O–H groups in total. The number of aliphatic hydroxyl groups is 3. The van der Waals surface area contributed by atoms with Gasteiger partial charge in [-0.1, -0.05) is 41.6 Å². The van der Waals surface area contributed by atoms with Gasteiger partial charge in [-0.15, -0.1) is 5.10 Å². The van der Waals surface area contributed by atoms with Crippen LogP contribution in [0.3, 0.4) is 0 Å². The lowest BCUT2D eigenvalue weighted by Crippen LogP contribution is -2.33. The van der Waals surface area contributed by atoms with E-state index in [0.717, 1.165) is 16.5 Å². The van der Waals surface area contributed by atoms with Gasteiger partial charge < -0.3 is 24.5 Å². The number of ether oxygens (including phenoxy) is 1. The predicted molar refractivity (Wildman–Crippen MR) is 110 cm³/mol. The Hall–Kier alpha value is -3.37. The number of aliphatic hydroxyl groups excluding tert-OH is 3. The second-order valence-electron chi connectivity index (χ2n) is 7.37. The van der Waals surface area contributed by atoms with Crippen LogP contribution in [0, 0.1) is 0 Å². The minimum Gasteiger partial charge on any atom is -0.423 e. The van der Waals surface area contributed by atoms with E-state index in [0.29, 0.717) is 16.8 Å². The standard InChI is InChI=1S/C22H19N3O6/c26-11-18-20(28)21(29)22(31-18)25-10-16(23-24-25)13-6-7-14-15(12-4-2-1-3-5-12)9-19(27)30-17(14)8-13/h1-10,18,20-22,26,28-29H,11H2/t18-,20-,21-,22-/m1/s1. The van der Waals surface area contributed by atoms with E-state index in [9.17, 15) is 20.1 Å².